The maximum Gasteiger partial charge on any atom is 0.387 e. The molecular weight excluding hydrogens is 358 g/mol. The maximum atomic E-state index is 12.1. The Morgan fingerprint density at radius 1 is 1.44 bits per heavy atom. The van der Waals surface area contributed by atoms with E-state index in [2.05, 4.69) is 30.6 Å². The Hall–Kier alpha value is -0.930. The molecule has 1 N–H and O–H groups in total. The van der Waals surface area contributed by atoms with Crippen molar-refractivity contribution in [3.05, 3.63) is 16.9 Å². The van der Waals surface area contributed by atoms with Gasteiger partial charge in [-0.3, -0.25) is 0 Å². The molecule has 0 aliphatic carbocycles. The summed E-state index contributed by atoms with van der Waals surface area (Å²) in [6.07, 6.45) is 0. The Labute approximate surface area is 113 Å². The van der Waals surface area contributed by atoms with Gasteiger partial charge in [0.2, 0.25) is 0 Å². The summed E-state index contributed by atoms with van der Waals surface area (Å²) in [5.74, 6) is -0.326. The zero-order valence-electron chi connectivity index (χ0n) is 8.32. The van der Waals surface area contributed by atoms with Crippen molar-refractivity contribution >= 4 is 46.7 Å². The summed E-state index contributed by atoms with van der Waals surface area (Å²) in [6, 6.07) is 2.09. The highest BCUT2D eigenvalue weighted by atomic mass is 79.9. The van der Waals surface area contributed by atoms with Crippen molar-refractivity contribution in [2.24, 2.45) is 0 Å². The number of nitrogens with one attached hydrogen (secondary N) is 1. The van der Waals surface area contributed by atoms with Crippen LogP contribution in [0.5, 0.6) is 5.75 Å². The van der Waals surface area contributed by atoms with Crippen molar-refractivity contribution in [2.75, 3.05) is 0 Å². The van der Waals surface area contributed by atoms with Gasteiger partial charge in [0.15, 0.2) is 4.73 Å². The second-order valence-electron chi connectivity index (χ2n) is 3.16. The van der Waals surface area contributed by atoms with Crippen LogP contribution in [0.3, 0.4) is 0 Å². The molecular formula is C8H4BrClF2N2O3S. The van der Waals surface area contributed by atoms with E-state index in [-0.39, 0.29) is 21.5 Å². The molecule has 0 amide bonds. The first-order chi connectivity index (χ1) is 8.27. The minimum absolute atomic E-state index is 0.0403. The van der Waals surface area contributed by atoms with Crippen LogP contribution in [0.15, 0.2) is 21.8 Å². The number of H-pyrrole nitrogens is 1. The van der Waals surface area contributed by atoms with Crippen molar-refractivity contribution in [3.63, 3.8) is 0 Å². The summed E-state index contributed by atoms with van der Waals surface area (Å²) in [4.78, 5) is 6.09. The first kappa shape index (κ1) is 13.5. The maximum absolute atomic E-state index is 12.1. The number of alkyl halides is 2. The normalized spacial score (nSPS) is 12.3. The molecule has 2 aromatic rings. The van der Waals surface area contributed by atoms with E-state index in [9.17, 15) is 17.2 Å². The highest BCUT2D eigenvalue weighted by Crippen LogP contribution is 2.31. The van der Waals surface area contributed by atoms with Gasteiger partial charge in [0, 0.05) is 22.8 Å². The third kappa shape index (κ3) is 2.73. The largest absolute Gasteiger partial charge is 0.435 e. The molecule has 0 aliphatic rings. The SMILES string of the molecule is O=S(=O)(Cl)c1cc(OC(F)F)cc2[nH]c(Br)nc12. The highest BCUT2D eigenvalue weighted by Gasteiger charge is 2.20. The highest BCUT2D eigenvalue weighted by molar-refractivity contribution is 9.10. The minimum atomic E-state index is -4.13. The van der Waals surface area contributed by atoms with Gasteiger partial charge in [-0.1, -0.05) is 0 Å². The van der Waals surface area contributed by atoms with E-state index in [1.807, 2.05) is 0 Å². The molecule has 0 aliphatic heterocycles. The van der Waals surface area contributed by atoms with Crippen LogP contribution >= 0.6 is 26.6 Å². The van der Waals surface area contributed by atoms with Crippen LogP contribution in [0.25, 0.3) is 11.0 Å². The molecule has 18 heavy (non-hydrogen) atoms. The molecule has 10 heteroatoms. The number of benzene rings is 1. The predicted molar refractivity (Wildman–Crippen MR) is 63.5 cm³/mol. The Morgan fingerprint density at radius 3 is 2.67 bits per heavy atom. The van der Waals surface area contributed by atoms with Gasteiger partial charge in [-0.25, -0.2) is 13.4 Å². The van der Waals surface area contributed by atoms with Crippen LogP contribution in [0, 0.1) is 0 Å². The fourth-order valence-electron chi connectivity index (χ4n) is 1.39. The first-order valence-electron chi connectivity index (χ1n) is 4.36. The number of hydrogen-bond donors (Lipinski definition) is 1. The van der Waals surface area contributed by atoms with E-state index in [1.54, 1.807) is 0 Å². The molecule has 0 atom stereocenters. The molecule has 0 radical (unpaired) electrons. The van der Waals surface area contributed by atoms with Gasteiger partial charge >= 0.3 is 6.61 Å². The Balaban J connectivity index is 2.72. The second-order valence-corrected chi connectivity index (χ2v) is 6.45. The molecule has 1 heterocycles. The first-order valence-corrected chi connectivity index (χ1v) is 7.46. The second kappa shape index (κ2) is 4.63. The van der Waals surface area contributed by atoms with E-state index in [0.29, 0.717) is 0 Å². The number of hydrogen-bond acceptors (Lipinski definition) is 4. The minimum Gasteiger partial charge on any atom is -0.435 e. The molecule has 0 bridgehead atoms. The summed E-state index contributed by atoms with van der Waals surface area (Å²) in [5.41, 5.74) is 0.248. The number of imidazole rings is 1. The van der Waals surface area contributed by atoms with E-state index < -0.39 is 20.6 Å². The van der Waals surface area contributed by atoms with Crippen LogP contribution in [-0.4, -0.2) is 25.0 Å². The van der Waals surface area contributed by atoms with Gasteiger partial charge in [0.1, 0.15) is 16.2 Å². The lowest BCUT2D eigenvalue weighted by atomic mass is 10.3. The van der Waals surface area contributed by atoms with Crippen molar-refractivity contribution in [1.29, 1.82) is 0 Å². The molecule has 0 fully saturated rings. The quantitative estimate of drug-likeness (QED) is 0.853. The number of nitrogens with zero attached hydrogens (tertiary/aromatic N) is 1. The Bertz CT molecular complexity index is 704. The van der Waals surface area contributed by atoms with Crippen LogP contribution in [0.4, 0.5) is 8.78 Å². The fraction of sp³-hybridized carbons (Fsp3) is 0.125. The van der Waals surface area contributed by atoms with Crippen LogP contribution < -0.4 is 4.74 Å². The lowest BCUT2D eigenvalue weighted by Crippen LogP contribution is -2.03. The van der Waals surface area contributed by atoms with E-state index in [0.717, 1.165) is 6.07 Å². The average molecular weight is 362 g/mol. The fourth-order valence-corrected chi connectivity index (χ4v) is 2.77. The Kier molecular flexibility index (Phi) is 3.47. The van der Waals surface area contributed by atoms with Crippen molar-refractivity contribution < 1.29 is 21.9 Å². The third-order valence-corrected chi connectivity index (χ3v) is 3.69. The molecule has 98 valence electrons. The molecule has 5 nitrogen and oxygen atoms in total. The van der Waals surface area contributed by atoms with Gasteiger partial charge < -0.3 is 9.72 Å². The monoisotopic (exact) mass is 360 g/mol. The molecule has 1 aromatic heterocycles. The topological polar surface area (TPSA) is 72.1 Å². The molecule has 0 spiro atoms. The van der Waals surface area contributed by atoms with Gasteiger partial charge in [-0.2, -0.15) is 8.78 Å². The van der Waals surface area contributed by atoms with Crippen molar-refractivity contribution in [1.82, 2.24) is 9.97 Å². The number of aromatic amines is 1. The van der Waals surface area contributed by atoms with Crippen LogP contribution in [0.1, 0.15) is 0 Å². The van der Waals surface area contributed by atoms with Gasteiger partial charge in [-0.05, 0) is 15.9 Å². The zero-order chi connectivity index (χ0) is 13.5. The number of ether oxygens (including phenoxy) is 1. The van der Waals surface area contributed by atoms with Gasteiger partial charge in [0.25, 0.3) is 9.05 Å². The van der Waals surface area contributed by atoms with Crippen LogP contribution in [0.2, 0.25) is 0 Å². The van der Waals surface area contributed by atoms with E-state index in [4.69, 9.17) is 10.7 Å². The predicted octanol–water partition coefficient (Wildman–Crippen LogP) is 2.85. The molecule has 0 saturated heterocycles. The standard InChI is InChI=1S/C8H4BrClF2N2O3S/c9-7-13-4-1-3(17-8(11)12)2-5(6(4)14-7)18(10,15)16/h1-2,8H,(H,13,14). The number of rotatable bonds is 3. The number of fused-ring (bicyclic) bond motifs is 1. The van der Waals surface area contributed by atoms with Gasteiger partial charge in [-0.15, -0.1) is 0 Å². The summed E-state index contributed by atoms with van der Waals surface area (Å²) in [7, 11) is 1.08. The molecule has 0 saturated carbocycles. The third-order valence-electron chi connectivity index (χ3n) is 1.98. The van der Waals surface area contributed by atoms with E-state index in [1.165, 1.54) is 6.07 Å². The van der Waals surface area contributed by atoms with Crippen molar-refractivity contribution in [3.8, 4) is 5.75 Å². The summed E-state index contributed by atoms with van der Waals surface area (Å²) >= 11 is 3.01. The summed E-state index contributed by atoms with van der Waals surface area (Å²) in [6.45, 7) is -3.07. The van der Waals surface area contributed by atoms with Crippen LogP contribution in [-0.2, 0) is 9.05 Å². The molecule has 0 unspecified atom stereocenters. The Morgan fingerprint density at radius 2 is 2.11 bits per heavy atom. The lowest BCUT2D eigenvalue weighted by Gasteiger charge is -2.06. The summed E-state index contributed by atoms with van der Waals surface area (Å²) in [5, 5.41) is 0. The molecule has 2 rings (SSSR count). The zero-order valence-corrected chi connectivity index (χ0v) is 11.5. The summed E-state index contributed by atoms with van der Waals surface area (Å²) < 4.78 is 51.3. The molecule has 1 aromatic carbocycles. The number of halogens is 4. The average Bonchev–Trinajstić information content (AvgIpc) is 2.54. The smallest absolute Gasteiger partial charge is 0.387 e. The number of aromatic nitrogens is 2. The van der Waals surface area contributed by atoms with Gasteiger partial charge in [0.05, 0.1) is 5.52 Å². The van der Waals surface area contributed by atoms with Crippen molar-refractivity contribution in [2.45, 2.75) is 11.5 Å². The van der Waals surface area contributed by atoms with E-state index >= 15 is 0 Å². The lowest BCUT2D eigenvalue weighted by molar-refractivity contribution is -0.0498.